The van der Waals surface area contributed by atoms with Gasteiger partial charge in [-0.15, -0.1) is 0 Å². The molecule has 2 heterocycles. The summed E-state index contributed by atoms with van der Waals surface area (Å²) in [7, 11) is 0. The second kappa shape index (κ2) is 7.58. The van der Waals surface area contributed by atoms with Gasteiger partial charge >= 0.3 is 0 Å². The van der Waals surface area contributed by atoms with E-state index >= 15 is 0 Å². The minimum absolute atomic E-state index is 0.301. The van der Waals surface area contributed by atoms with E-state index in [0.717, 1.165) is 56.2 Å². The third kappa shape index (κ3) is 3.92. The van der Waals surface area contributed by atoms with Gasteiger partial charge in [-0.05, 0) is 39.0 Å². The summed E-state index contributed by atoms with van der Waals surface area (Å²) in [6.07, 6.45) is 6.78. The van der Waals surface area contributed by atoms with Gasteiger partial charge in [0.25, 0.3) is 0 Å². The first-order chi connectivity index (χ1) is 9.74. The van der Waals surface area contributed by atoms with Crippen molar-refractivity contribution in [2.45, 2.75) is 65.4 Å². The van der Waals surface area contributed by atoms with Crippen LogP contribution in [0.3, 0.4) is 0 Å². The fourth-order valence-corrected chi connectivity index (χ4v) is 2.64. The summed E-state index contributed by atoms with van der Waals surface area (Å²) >= 11 is 0. The van der Waals surface area contributed by atoms with Crippen LogP contribution in [0.2, 0.25) is 0 Å². The van der Waals surface area contributed by atoms with Gasteiger partial charge in [-0.25, -0.2) is 9.97 Å². The Balaban J connectivity index is 2.14. The van der Waals surface area contributed by atoms with E-state index in [1.54, 1.807) is 0 Å². The number of hydrogen-bond donors (Lipinski definition) is 1. The number of aromatic nitrogens is 2. The standard InChI is InChI=1S/C16H27N3O/c1-4-9-17-16-12(3)14(5-2)18-15(19-16)11-13-8-6-7-10-20-13/h13H,4-11H2,1-3H3,(H,17,18,19). The molecule has 1 atom stereocenters. The molecule has 0 bridgehead atoms. The van der Waals surface area contributed by atoms with Crippen molar-refractivity contribution in [1.29, 1.82) is 0 Å². The second-order valence-corrected chi connectivity index (χ2v) is 5.53. The lowest BCUT2D eigenvalue weighted by atomic mass is 10.1. The van der Waals surface area contributed by atoms with E-state index in [0.29, 0.717) is 6.10 Å². The van der Waals surface area contributed by atoms with Gasteiger partial charge in [0.15, 0.2) is 0 Å². The van der Waals surface area contributed by atoms with Crippen LogP contribution in [0.15, 0.2) is 0 Å². The summed E-state index contributed by atoms with van der Waals surface area (Å²) in [5, 5.41) is 3.42. The van der Waals surface area contributed by atoms with Crippen LogP contribution in [0.1, 0.15) is 56.6 Å². The van der Waals surface area contributed by atoms with Crippen LogP contribution < -0.4 is 5.32 Å². The van der Waals surface area contributed by atoms with Crippen LogP contribution in [-0.2, 0) is 17.6 Å². The first-order valence-electron chi connectivity index (χ1n) is 7.96. The molecule has 112 valence electrons. The third-order valence-corrected chi connectivity index (χ3v) is 3.85. The average Bonchev–Trinajstić information content (AvgIpc) is 2.48. The molecule has 0 aliphatic carbocycles. The molecule has 2 rings (SSSR count). The normalized spacial score (nSPS) is 19.1. The summed E-state index contributed by atoms with van der Waals surface area (Å²) in [5.74, 6) is 1.93. The van der Waals surface area contributed by atoms with Gasteiger partial charge in [-0.1, -0.05) is 13.8 Å². The van der Waals surface area contributed by atoms with Gasteiger partial charge in [0.1, 0.15) is 11.6 Å². The van der Waals surface area contributed by atoms with E-state index in [9.17, 15) is 0 Å². The summed E-state index contributed by atoms with van der Waals surface area (Å²) in [4.78, 5) is 9.43. The molecule has 1 saturated heterocycles. The van der Waals surface area contributed by atoms with Gasteiger partial charge in [0, 0.05) is 30.8 Å². The summed E-state index contributed by atoms with van der Waals surface area (Å²) < 4.78 is 5.81. The molecule has 4 nitrogen and oxygen atoms in total. The lowest BCUT2D eigenvalue weighted by Gasteiger charge is -2.22. The Kier molecular flexibility index (Phi) is 5.77. The Morgan fingerprint density at radius 2 is 2.10 bits per heavy atom. The number of nitrogens with zero attached hydrogens (tertiary/aromatic N) is 2. The van der Waals surface area contributed by atoms with E-state index in [2.05, 4.69) is 26.1 Å². The molecule has 4 heteroatoms. The van der Waals surface area contributed by atoms with E-state index < -0.39 is 0 Å². The van der Waals surface area contributed by atoms with Crippen molar-refractivity contribution in [3.8, 4) is 0 Å². The maximum absolute atomic E-state index is 5.81. The minimum Gasteiger partial charge on any atom is -0.378 e. The largest absolute Gasteiger partial charge is 0.378 e. The molecular formula is C16H27N3O. The highest BCUT2D eigenvalue weighted by Gasteiger charge is 2.17. The van der Waals surface area contributed by atoms with Gasteiger partial charge in [-0.2, -0.15) is 0 Å². The van der Waals surface area contributed by atoms with Crippen LogP contribution in [0.4, 0.5) is 5.82 Å². The van der Waals surface area contributed by atoms with Crippen molar-refractivity contribution in [2.24, 2.45) is 0 Å². The highest BCUT2D eigenvalue weighted by atomic mass is 16.5. The van der Waals surface area contributed by atoms with Gasteiger partial charge in [0.05, 0.1) is 6.10 Å². The number of ether oxygens (including phenoxy) is 1. The SMILES string of the molecule is CCCNc1nc(CC2CCCCO2)nc(CC)c1C. The van der Waals surface area contributed by atoms with Crippen LogP contribution >= 0.6 is 0 Å². The molecule has 1 fully saturated rings. The highest BCUT2D eigenvalue weighted by Crippen LogP contribution is 2.20. The van der Waals surface area contributed by atoms with Gasteiger partial charge < -0.3 is 10.1 Å². The van der Waals surface area contributed by atoms with Gasteiger partial charge in [-0.3, -0.25) is 0 Å². The molecule has 1 N–H and O–H groups in total. The zero-order valence-corrected chi connectivity index (χ0v) is 13.0. The molecule has 0 spiro atoms. The summed E-state index contributed by atoms with van der Waals surface area (Å²) in [6.45, 7) is 8.27. The first-order valence-corrected chi connectivity index (χ1v) is 7.96. The Morgan fingerprint density at radius 1 is 1.25 bits per heavy atom. The molecule has 0 aromatic carbocycles. The quantitative estimate of drug-likeness (QED) is 0.867. The number of rotatable bonds is 6. The van der Waals surface area contributed by atoms with Gasteiger partial charge in [0.2, 0.25) is 0 Å². The Labute approximate surface area is 122 Å². The third-order valence-electron chi connectivity index (χ3n) is 3.85. The molecule has 1 aromatic heterocycles. The maximum Gasteiger partial charge on any atom is 0.133 e. The lowest BCUT2D eigenvalue weighted by Crippen LogP contribution is -2.23. The van der Waals surface area contributed by atoms with Crippen molar-refractivity contribution in [1.82, 2.24) is 9.97 Å². The molecule has 0 amide bonds. The number of hydrogen-bond acceptors (Lipinski definition) is 4. The van der Waals surface area contributed by atoms with Crippen molar-refractivity contribution in [2.75, 3.05) is 18.5 Å². The molecule has 1 aliphatic heterocycles. The van der Waals surface area contributed by atoms with E-state index in [-0.39, 0.29) is 0 Å². The lowest BCUT2D eigenvalue weighted by molar-refractivity contribution is 0.0156. The predicted octanol–water partition coefficient (Wildman–Crippen LogP) is 3.28. The van der Waals surface area contributed by atoms with Crippen molar-refractivity contribution < 1.29 is 4.74 Å². The fourth-order valence-electron chi connectivity index (χ4n) is 2.64. The molecular weight excluding hydrogens is 250 g/mol. The first kappa shape index (κ1) is 15.2. The van der Waals surface area contributed by atoms with Crippen molar-refractivity contribution >= 4 is 5.82 Å². The smallest absolute Gasteiger partial charge is 0.133 e. The maximum atomic E-state index is 5.81. The van der Waals surface area contributed by atoms with E-state index in [4.69, 9.17) is 14.7 Å². The Morgan fingerprint density at radius 3 is 2.75 bits per heavy atom. The Hall–Kier alpha value is -1.16. The van der Waals surface area contributed by atoms with Crippen LogP contribution in [0.5, 0.6) is 0 Å². The fraction of sp³-hybridized carbons (Fsp3) is 0.750. The van der Waals surface area contributed by atoms with Crippen LogP contribution in [-0.4, -0.2) is 29.2 Å². The Bertz CT molecular complexity index is 428. The molecule has 0 saturated carbocycles. The molecule has 0 radical (unpaired) electrons. The molecule has 20 heavy (non-hydrogen) atoms. The number of aryl methyl sites for hydroxylation is 1. The highest BCUT2D eigenvalue weighted by molar-refractivity contribution is 5.45. The van der Waals surface area contributed by atoms with Crippen molar-refractivity contribution in [3.05, 3.63) is 17.1 Å². The molecule has 1 aliphatic rings. The minimum atomic E-state index is 0.301. The van der Waals surface area contributed by atoms with Crippen molar-refractivity contribution in [3.63, 3.8) is 0 Å². The monoisotopic (exact) mass is 277 g/mol. The number of nitrogens with one attached hydrogen (secondary N) is 1. The van der Waals surface area contributed by atoms with E-state index in [1.807, 2.05) is 0 Å². The predicted molar refractivity (Wildman–Crippen MR) is 82.2 cm³/mol. The summed E-state index contributed by atoms with van der Waals surface area (Å²) in [5.41, 5.74) is 2.35. The average molecular weight is 277 g/mol. The zero-order valence-electron chi connectivity index (χ0n) is 13.0. The van der Waals surface area contributed by atoms with E-state index in [1.165, 1.54) is 18.4 Å². The second-order valence-electron chi connectivity index (χ2n) is 5.53. The van der Waals surface area contributed by atoms with Crippen LogP contribution in [0, 0.1) is 6.92 Å². The summed E-state index contributed by atoms with van der Waals surface area (Å²) in [6, 6.07) is 0. The number of anilines is 1. The molecule has 1 unspecified atom stereocenters. The zero-order chi connectivity index (χ0) is 14.4. The van der Waals surface area contributed by atoms with Crippen LogP contribution in [0.25, 0.3) is 0 Å². The molecule has 1 aromatic rings. The topological polar surface area (TPSA) is 47.0 Å².